The van der Waals surface area contributed by atoms with E-state index in [1.54, 1.807) is 0 Å². The molecule has 0 unspecified atom stereocenters. The lowest BCUT2D eigenvalue weighted by atomic mass is 10.2. The number of fused-ring (bicyclic) bond motifs is 1. The third-order valence-corrected chi connectivity index (χ3v) is 2.66. The van der Waals surface area contributed by atoms with E-state index in [4.69, 9.17) is 11.6 Å². The largest absolute Gasteiger partial charge is 0.269 e. The Balaban J connectivity index is 2.84. The van der Waals surface area contributed by atoms with Crippen molar-refractivity contribution in [2.24, 2.45) is 0 Å². The van der Waals surface area contributed by atoms with Gasteiger partial charge in [-0.3, -0.25) is 9.20 Å². The van der Waals surface area contributed by atoms with Gasteiger partial charge < -0.3 is 0 Å². The van der Waals surface area contributed by atoms with Crippen molar-refractivity contribution in [3.05, 3.63) is 45.2 Å². The van der Waals surface area contributed by atoms with Gasteiger partial charge in [-0.2, -0.15) is 0 Å². The standard InChI is InChI=1S/C11H10ClFN2O/c1-2-4-7-9(12)14-10-8(13)5-3-6-15(10)11(7)16/h3,5-6H,2,4H2,1H3. The Hall–Kier alpha value is -1.42. The van der Waals surface area contributed by atoms with Crippen molar-refractivity contribution < 1.29 is 4.39 Å². The SMILES string of the molecule is CCCc1c(Cl)nc2c(F)cccn2c1=O. The minimum Gasteiger partial charge on any atom is -0.269 e. The van der Waals surface area contributed by atoms with Gasteiger partial charge in [0.05, 0.1) is 5.56 Å². The van der Waals surface area contributed by atoms with Crippen LogP contribution in [0.3, 0.4) is 0 Å². The Bertz CT molecular complexity index is 594. The summed E-state index contributed by atoms with van der Waals surface area (Å²) in [5.74, 6) is -0.551. The van der Waals surface area contributed by atoms with Crippen molar-refractivity contribution in [1.82, 2.24) is 9.38 Å². The topological polar surface area (TPSA) is 34.4 Å². The number of hydrogen-bond donors (Lipinski definition) is 0. The van der Waals surface area contributed by atoms with Crippen LogP contribution in [0.5, 0.6) is 0 Å². The Morgan fingerprint density at radius 1 is 1.56 bits per heavy atom. The Kier molecular flexibility index (Phi) is 2.92. The molecule has 2 aromatic heterocycles. The molecule has 0 fully saturated rings. The van der Waals surface area contributed by atoms with Crippen LogP contribution in [0, 0.1) is 5.82 Å². The first kappa shape index (κ1) is 11.1. The fourth-order valence-electron chi connectivity index (χ4n) is 1.60. The van der Waals surface area contributed by atoms with E-state index in [2.05, 4.69) is 4.98 Å². The van der Waals surface area contributed by atoms with Crippen LogP contribution in [0.1, 0.15) is 18.9 Å². The van der Waals surface area contributed by atoms with E-state index in [9.17, 15) is 9.18 Å². The molecule has 0 radical (unpaired) electrons. The number of aromatic nitrogens is 2. The summed E-state index contributed by atoms with van der Waals surface area (Å²) in [5.41, 5.74) is 0.112. The van der Waals surface area contributed by atoms with Crippen LogP contribution in [0.25, 0.3) is 5.65 Å². The number of rotatable bonds is 2. The summed E-state index contributed by atoms with van der Waals surface area (Å²) in [7, 11) is 0. The fourth-order valence-corrected chi connectivity index (χ4v) is 1.85. The number of halogens is 2. The van der Waals surface area contributed by atoms with Gasteiger partial charge in [-0.15, -0.1) is 0 Å². The molecule has 0 aromatic carbocycles. The van der Waals surface area contributed by atoms with E-state index >= 15 is 0 Å². The van der Waals surface area contributed by atoms with Gasteiger partial charge in [-0.25, -0.2) is 9.37 Å². The van der Waals surface area contributed by atoms with Crippen LogP contribution in [0.15, 0.2) is 23.1 Å². The van der Waals surface area contributed by atoms with E-state index in [1.807, 2.05) is 6.92 Å². The van der Waals surface area contributed by atoms with Gasteiger partial charge in [0.25, 0.3) is 5.56 Å². The van der Waals surface area contributed by atoms with Crippen LogP contribution in [0.2, 0.25) is 5.15 Å². The maximum absolute atomic E-state index is 13.4. The molecule has 0 bridgehead atoms. The normalized spacial score (nSPS) is 10.9. The molecule has 0 saturated heterocycles. The van der Waals surface area contributed by atoms with Crippen molar-refractivity contribution in [1.29, 1.82) is 0 Å². The highest BCUT2D eigenvalue weighted by Crippen LogP contribution is 2.14. The summed E-state index contributed by atoms with van der Waals surface area (Å²) < 4.78 is 14.6. The van der Waals surface area contributed by atoms with Crippen LogP contribution in [-0.4, -0.2) is 9.38 Å². The predicted molar refractivity (Wildman–Crippen MR) is 60.4 cm³/mol. The molecular weight excluding hydrogens is 231 g/mol. The Labute approximate surface area is 96.5 Å². The lowest BCUT2D eigenvalue weighted by Gasteiger charge is -2.05. The molecule has 84 valence electrons. The zero-order valence-corrected chi connectivity index (χ0v) is 9.46. The molecule has 2 aromatic rings. The van der Waals surface area contributed by atoms with Crippen LogP contribution >= 0.6 is 11.6 Å². The Morgan fingerprint density at radius 3 is 3.00 bits per heavy atom. The van der Waals surface area contributed by atoms with Crippen molar-refractivity contribution in [2.45, 2.75) is 19.8 Å². The number of pyridine rings is 1. The van der Waals surface area contributed by atoms with Crippen LogP contribution in [-0.2, 0) is 6.42 Å². The van der Waals surface area contributed by atoms with Gasteiger partial charge in [-0.1, -0.05) is 24.9 Å². The van der Waals surface area contributed by atoms with Crippen molar-refractivity contribution >= 4 is 17.2 Å². The molecule has 0 aliphatic heterocycles. The molecule has 0 spiro atoms. The second kappa shape index (κ2) is 4.22. The highest BCUT2D eigenvalue weighted by molar-refractivity contribution is 6.30. The van der Waals surface area contributed by atoms with Gasteiger partial charge in [0.15, 0.2) is 11.5 Å². The molecule has 16 heavy (non-hydrogen) atoms. The molecule has 5 heteroatoms. The molecule has 0 saturated carbocycles. The smallest absolute Gasteiger partial charge is 0.262 e. The van der Waals surface area contributed by atoms with Gasteiger partial charge in [-0.05, 0) is 18.6 Å². The molecule has 0 aliphatic rings. The van der Waals surface area contributed by atoms with Crippen molar-refractivity contribution in [3.63, 3.8) is 0 Å². The van der Waals surface area contributed by atoms with Crippen molar-refractivity contribution in [2.75, 3.05) is 0 Å². The zero-order chi connectivity index (χ0) is 11.7. The second-order valence-corrected chi connectivity index (χ2v) is 3.84. The van der Waals surface area contributed by atoms with Gasteiger partial charge in [0.2, 0.25) is 0 Å². The number of nitrogens with zero attached hydrogens (tertiary/aromatic N) is 2. The molecule has 2 rings (SSSR count). The summed E-state index contributed by atoms with van der Waals surface area (Å²) in [6.45, 7) is 1.94. The Morgan fingerprint density at radius 2 is 2.31 bits per heavy atom. The van der Waals surface area contributed by atoms with E-state index in [0.29, 0.717) is 12.0 Å². The molecule has 0 aliphatic carbocycles. The zero-order valence-electron chi connectivity index (χ0n) is 8.70. The predicted octanol–water partition coefficient (Wildman–Crippen LogP) is 2.44. The van der Waals surface area contributed by atoms with E-state index in [1.165, 1.54) is 22.7 Å². The lowest BCUT2D eigenvalue weighted by molar-refractivity contribution is 0.626. The number of hydrogen-bond acceptors (Lipinski definition) is 2. The fraction of sp³-hybridized carbons (Fsp3) is 0.273. The van der Waals surface area contributed by atoms with Gasteiger partial charge in [0, 0.05) is 6.20 Å². The van der Waals surface area contributed by atoms with E-state index in [-0.39, 0.29) is 16.4 Å². The molecule has 0 atom stereocenters. The average molecular weight is 241 g/mol. The van der Waals surface area contributed by atoms with Gasteiger partial charge >= 0.3 is 0 Å². The summed E-state index contributed by atoms with van der Waals surface area (Å²) in [4.78, 5) is 15.9. The monoisotopic (exact) mass is 240 g/mol. The van der Waals surface area contributed by atoms with Crippen LogP contribution < -0.4 is 5.56 Å². The summed E-state index contributed by atoms with van der Waals surface area (Å²) >= 11 is 5.87. The summed E-state index contributed by atoms with van der Waals surface area (Å²) in [6.07, 6.45) is 2.82. The molecule has 0 amide bonds. The van der Waals surface area contributed by atoms with Gasteiger partial charge in [0.1, 0.15) is 5.15 Å². The summed E-state index contributed by atoms with van der Waals surface area (Å²) in [6, 6.07) is 2.71. The first-order valence-electron chi connectivity index (χ1n) is 5.00. The third kappa shape index (κ3) is 1.69. The second-order valence-electron chi connectivity index (χ2n) is 3.49. The highest BCUT2D eigenvalue weighted by atomic mass is 35.5. The highest BCUT2D eigenvalue weighted by Gasteiger charge is 2.12. The molecule has 2 heterocycles. The molecular formula is C11H10ClFN2O. The maximum Gasteiger partial charge on any atom is 0.262 e. The lowest BCUT2D eigenvalue weighted by Crippen LogP contribution is -2.20. The first-order chi connectivity index (χ1) is 7.65. The summed E-state index contributed by atoms with van der Waals surface area (Å²) in [5, 5.41) is 0.0944. The van der Waals surface area contributed by atoms with E-state index < -0.39 is 5.82 Å². The minimum atomic E-state index is -0.551. The van der Waals surface area contributed by atoms with Crippen LogP contribution in [0.4, 0.5) is 4.39 Å². The minimum absolute atomic E-state index is 0.0302. The quantitative estimate of drug-likeness (QED) is 0.756. The third-order valence-electron chi connectivity index (χ3n) is 2.35. The first-order valence-corrected chi connectivity index (χ1v) is 5.38. The van der Waals surface area contributed by atoms with Crippen molar-refractivity contribution in [3.8, 4) is 0 Å². The average Bonchev–Trinajstić information content (AvgIpc) is 2.26. The molecule has 0 N–H and O–H groups in total. The van der Waals surface area contributed by atoms with E-state index in [0.717, 1.165) is 6.42 Å². The maximum atomic E-state index is 13.4. The molecule has 3 nitrogen and oxygen atoms in total.